The zero-order valence-electron chi connectivity index (χ0n) is 11.7. The fourth-order valence-corrected chi connectivity index (χ4v) is 3.38. The monoisotopic (exact) mass is 288 g/mol. The van der Waals surface area contributed by atoms with Crippen molar-refractivity contribution in [1.29, 1.82) is 0 Å². The second-order valence-corrected chi connectivity index (χ2v) is 6.18. The number of anilines is 1. The van der Waals surface area contributed by atoms with Gasteiger partial charge in [0.2, 0.25) is 0 Å². The Kier molecular flexibility index (Phi) is 4.00. The topological polar surface area (TPSA) is 45.4 Å². The lowest BCUT2D eigenvalue weighted by atomic mass is 10.2. The molecule has 1 aliphatic heterocycles. The quantitative estimate of drug-likeness (QED) is 0.940. The summed E-state index contributed by atoms with van der Waals surface area (Å²) in [4.78, 5) is 9.12. The van der Waals surface area contributed by atoms with Gasteiger partial charge >= 0.3 is 0 Å². The van der Waals surface area contributed by atoms with Crippen LogP contribution in [0.1, 0.15) is 5.56 Å². The molecule has 0 unspecified atom stereocenters. The summed E-state index contributed by atoms with van der Waals surface area (Å²) in [5, 5.41) is 3.14. The molecule has 5 heteroatoms. The van der Waals surface area contributed by atoms with Gasteiger partial charge in [0.1, 0.15) is 5.82 Å². The van der Waals surface area contributed by atoms with Gasteiger partial charge in [-0.15, -0.1) is 11.3 Å². The molecule has 0 amide bonds. The highest BCUT2D eigenvalue weighted by molar-refractivity contribution is 7.17. The number of aromatic nitrogens is 1. The van der Waals surface area contributed by atoms with Gasteiger partial charge in [-0.2, -0.15) is 0 Å². The summed E-state index contributed by atoms with van der Waals surface area (Å²) >= 11 is 1.72. The normalized spacial score (nSPS) is 18.2. The van der Waals surface area contributed by atoms with Crippen molar-refractivity contribution in [2.45, 2.75) is 0 Å². The number of rotatable bonds is 3. The smallest absolute Gasteiger partial charge is 0.132 e. The predicted octanol–water partition coefficient (Wildman–Crippen LogP) is 2.14. The van der Waals surface area contributed by atoms with Crippen LogP contribution in [0.2, 0.25) is 0 Å². The number of nitrogens with two attached hydrogens (primary N) is 1. The number of piperazine rings is 1. The third kappa shape index (κ3) is 2.85. The lowest BCUT2D eigenvalue weighted by Gasteiger charge is -2.31. The van der Waals surface area contributed by atoms with Crippen molar-refractivity contribution >= 4 is 33.3 Å². The molecule has 3 heterocycles. The van der Waals surface area contributed by atoms with Gasteiger partial charge in [0.15, 0.2) is 0 Å². The van der Waals surface area contributed by atoms with Crippen molar-refractivity contribution < 1.29 is 0 Å². The molecule has 1 fully saturated rings. The van der Waals surface area contributed by atoms with Crippen LogP contribution >= 0.6 is 11.3 Å². The molecule has 0 aromatic carbocycles. The van der Waals surface area contributed by atoms with E-state index in [0.29, 0.717) is 5.82 Å². The van der Waals surface area contributed by atoms with Crippen LogP contribution in [0.15, 0.2) is 23.7 Å². The summed E-state index contributed by atoms with van der Waals surface area (Å²) in [5.41, 5.74) is 7.05. The first-order valence-electron chi connectivity index (χ1n) is 6.93. The van der Waals surface area contributed by atoms with E-state index in [-0.39, 0.29) is 0 Å². The molecule has 2 aromatic heterocycles. The van der Waals surface area contributed by atoms with E-state index in [2.05, 4.69) is 39.4 Å². The van der Waals surface area contributed by atoms with Crippen LogP contribution in [-0.4, -0.2) is 54.6 Å². The van der Waals surface area contributed by atoms with E-state index in [9.17, 15) is 0 Å². The molecule has 2 N–H and O–H groups in total. The average Bonchev–Trinajstić information content (AvgIpc) is 2.94. The number of hydrogen-bond donors (Lipinski definition) is 1. The molecule has 0 atom stereocenters. The van der Waals surface area contributed by atoms with Gasteiger partial charge in [-0.05, 0) is 18.5 Å². The fourth-order valence-electron chi connectivity index (χ4n) is 2.48. The lowest BCUT2D eigenvalue weighted by Crippen LogP contribution is -2.44. The van der Waals surface area contributed by atoms with Gasteiger partial charge in [-0.25, -0.2) is 4.98 Å². The van der Waals surface area contributed by atoms with Crippen molar-refractivity contribution in [3.8, 4) is 0 Å². The third-order valence-corrected chi connectivity index (χ3v) is 4.77. The molecule has 1 saturated heterocycles. The van der Waals surface area contributed by atoms with Gasteiger partial charge in [0, 0.05) is 54.6 Å². The minimum atomic E-state index is 0.623. The van der Waals surface area contributed by atoms with Crippen LogP contribution in [0.3, 0.4) is 0 Å². The van der Waals surface area contributed by atoms with Crippen molar-refractivity contribution in [2.75, 3.05) is 45.5 Å². The van der Waals surface area contributed by atoms with Crippen LogP contribution in [0.25, 0.3) is 16.2 Å². The van der Waals surface area contributed by atoms with Crippen molar-refractivity contribution in [3.63, 3.8) is 0 Å². The maximum absolute atomic E-state index is 5.89. The summed E-state index contributed by atoms with van der Waals surface area (Å²) in [5.74, 6) is 0.623. The summed E-state index contributed by atoms with van der Waals surface area (Å²) < 4.78 is 1.23. The highest BCUT2D eigenvalue weighted by atomic mass is 32.1. The number of nitrogen functional groups attached to an aromatic ring is 1. The van der Waals surface area contributed by atoms with E-state index in [0.717, 1.165) is 38.1 Å². The average molecular weight is 288 g/mol. The van der Waals surface area contributed by atoms with Crippen LogP contribution in [0.4, 0.5) is 5.82 Å². The Morgan fingerprint density at radius 3 is 2.95 bits per heavy atom. The van der Waals surface area contributed by atoms with Crippen LogP contribution < -0.4 is 5.73 Å². The van der Waals surface area contributed by atoms with Gasteiger partial charge in [0.25, 0.3) is 0 Å². The second-order valence-electron chi connectivity index (χ2n) is 5.27. The fraction of sp³-hybridized carbons (Fsp3) is 0.400. The second kappa shape index (κ2) is 5.91. The first-order valence-corrected chi connectivity index (χ1v) is 7.81. The zero-order valence-corrected chi connectivity index (χ0v) is 12.6. The van der Waals surface area contributed by atoms with E-state index in [1.165, 1.54) is 10.3 Å². The molecule has 0 spiro atoms. The van der Waals surface area contributed by atoms with E-state index in [4.69, 9.17) is 5.73 Å². The molecular weight excluding hydrogens is 268 g/mol. The van der Waals surface area contributed by atoms with Crippen LogP contribution in [0, 0.1) is 0 Å². The molecule has 0 bridgehead atoms. The SMILES string of the molecule is CN1CCN(C/C=C/c2cnc(N)c3ccsc23)CC1. The lowest BCUT2D eigenvalue weighted by molar-refractivity contribution is 0.167. The number of thiophene rings is 1. The molecule has 20 heavy (non-hydrogen) atoms. The zero-order chi connectivity index (χ0) is 13.9. The maximum Gasteiger partial charge on any atom is 0.132 e. The first-order chi connectivity index (χ1) is 9.74. The summed E-state index contributed by atoms with van der Waals surface area (Å²) in [6.45, 7) is 5.62. The third-order valence-electron chi connectivity index (χ3n) is 3.80. The Morgan fingerprint density at radius 1 is 1.35 bits per heavy atom. The van der Waals surface area contributed by atoms with Gasteiger partial charge < -0.3 is 10.6 Å². The molecule has 4 nitrogen and oxygen atoms in total. The van der Waals surface area contributed by atoms with E-state index >= 15 is 0 Å². The Balaban J connectivity index is 1.68. The number of fused-ring (bicyclic) bond motifs is 1. The van der Waals surface area contributed by atoms with Crippen molar-refractivity contribution in [3.05, 3.63) is 29.3 Å². The minimum Gasteiger partial charge on any atom is -0.383 e. The largest absolute Gasteiger partial charge is 0.383 e. The van der Waals surface area contributed by atoms with Gasteiger partial charge in [-0.1, -0.05) is 12.2 Å². The Bertz CT molecular complexity index is 611. The predicted molar refractivity (Wildman–Crippen MR) is 87.0 cm³/mol. The van der Waals surface area contributed by atoms with Gasteiger partial charge in [0.05, 0.1) is 0 Å². The first kappa shape index (κ1) is 13.5. The molecule has 1 aliphatic rings. The molecule has 0 radical (unpaired) electrons. The highest BCUT2D eigenvalue weighted by Gasteiger charge is 2.11. The molecule has 106 valence electrons. The molecule has 0 saturated carbocycles. The Labute approximate surface area is 123 Å². The van der Waals surface area contributed by atoms with Crippen molar-refractivity contribution in [1.82, 2.24) is 14.8 Å². The van der Waals surface area contributed by atoms with E-state index in [1.807, 2.05) is 12.3 Å². The Morgan fingerprint density at radius 2 is 2.15 bits per heavy atom. The Hall–Kier alpha value is -1.43. The summed E-state index contributed by atoms with van der Waals surface area (Å²) in [6.07, 6.45) is 6.27. The number of pyridine rings is 1. The molecule has 2 aromatic rings. The number of likely N-dealkylation sites (N-methyl/N-ethyl adjacent to an activating group) is 1. The number of hydrogen-bond acceptors (Lipinski definition) is 5. The standard InChI is InChI=1S/C15H20N4S/c1-18-6-8-19(9-7-18)5-2-3-12-11-17-15(16)13-4-10-20-14(12)13/h2-4,10-11H,5-9H2,1H3,(H2,16,17)/b3-2+. The van der Waals surface area contributed by atoms with E-state index < -0.39 is 0 Å². The molecular formula is C15H20N4S. The number of nitrogens with zero attached hydrogens (tertiary/aromatic N) is 3. The summed E-state index contributed by atoms with van der Waals surface area (Å²) in [7, 11) is 2.18. The molecule has 0 aliphatic carbocycles. The minimum absolute atomic E-state index is 0.623. The summed E-state index contributed by atoms with van der Waals surface area (Å²) in [6, 6.07) is 2.04. The maximum atomic E-state index is 5.89. The highest BCUT2D eigenvalue weighted by Crippen LogP contribution is 2.28. The van der Waals surface area contributed by atoms with Crippen LogP contribution in [-0.2, 0) is 0 Å². The van der Waals surface area contributed by atoms with Crippen molar-refractivity contribution in [2.24, 2.45) is 0 Å². The van der Waals surface area contributed by atoms with Gasteiger partial charge in [-0.3, -0.25) is 4.90 Å². The van der Waals surface area contributed by atoms with Crippen LogP contribution in [0.5, 0.6) is 0 Å². The molecule has 3 rings (SSSR count). The van der Waals surface area contributed by atoms with E-state index in [1.54, 1.807) is 11.3 Å².